The van der Waals surface area contributed by atoms with Crippen LogP contribution in [-0.4, -0.2) is 41.5 Å². The first kappa shape index (κ1) is 23.2. The smallest absolute Gasteiger partial charge is 0.246 e. The highest BCUT2D eigenvalue weighted by molar-refractivity contribution is 7.89. The summed E-state index contributed by atoms with van der Waals surface area (Å²) >= 11 is 0. The maximum absolute atomic E-state index is 13.5. The number of sulfonamides is 1. The van der Waals surface area contributed by atoms with Gasteiger partial charge in [-0.2, -0.15) is 9.40 Å². The second kappa shape index (κ2) is 9.11. The number of rotatable bonds is 5. The van der Waals surface area contributed by atoms with Crippen LogP contribution in [0.25, 0.3) is 5.69 Å². The van der Waals surface area contributed by atoms with Gasteiger partial charge in [0.05, 0.1) is 17.1 Å². The Bertz CT molecular complexity index is 1270. The van der Waals surface area contributed by atoms with Gasteiger partial charge in [-0.3, -0.25) is 4.79 Å². The number of aryl methyl sites for hydroxylation is 3. The van der Waals surface area contributed by atoms with Crippen molar-refractivity contribution >= 4 is 21.6 Å². The summed E-state index contributed by atoms with van der Waals surface area (Å²) in [4.78, 5) is 13.1. The first-order chi connectivity index (χ1) is 15.7. The second-order valence-electron chi connectivity index (χ2n) is 8.73. The third kappa shape index (κ3) is 4.58. The van der Waals surface area contributed by atoms with Crippen LogP contribution in [0.3, 0.4) is 0 Å². The minimum atomic E-state index is -3.71. The zero-order valence-electron chi connectivity index (χ0n) is 19.5. The van der Waals surface area contributed by atoms with Crippen LogP contribution in [0.15, 0.2) is 53.4 Å². The van der Waals surface area contributed by atoms with Crippen molar-refractivity contribution in [3.05, 3.63) is 71.0 Å². The van der Waals surface area contributed by atoms with Gasteiger partial charge in [-0.15, -0.1) is 0 Å². The van der Waals surface area contributed by atoms with E-state index in [1.54, 1.807) is 18.5 Å². The van der Waals surface area contributed by atoms with E-state index >= 15 is 0 Å². The second-order valence-corrected chi connectivity index (χ2v) is 10.6. The Kier molecular flexibility index (Phi) is 6.41. The molecule has 0 atom stereocenters. The minimum Gasteiger partial charge on any atom is -0.326 e. The molecular weight excluding hydrogens is 436 g/mol. The van der Waals surface area contributed by atoms with Crippen molar-refractivity contribution in [3.63, 3.8) is 0 Å². The average Bonchev–Trinajstić information content (AvgIpc) is 3.11. The van der Waals surface area contributed by atoms with E-state index in [0.29, 0.717) is 37.3 Å². The molecule has 2 aromatic carbocycles. The summed E-state index contributed by atoms with van der Waals surface area (Å²) in [6.45, 7) is 8.08. The molecule has 1 saturated heterocycles. The molecule has 1 aliphatic heterocycles. The summed E-state index contributed by atoms with van der Waals surface area (Å²) in [6.07, 6.45) is 0.974. The van der Waals surface area contributed by atoms with Crippen molar-refractivity contribution < 1.29 is 13.2 Å². The summed E-state index contributed by atoms with van der Waals surface area (Å²) in [5, 5.41) is 7.52. The lowest BCUT2D eigenvalue weighted by Crippen LogP contribution is -2.41. The van der Waals surface area contributed by atoms with Crippen LogP contribution in [0.4, 0.5) is 5.69 Å². The first-order valence-electron chi connectivity index (χ1n) is 11.2. The molecule has 2 heterocycles. The van der Waals surface area contributed by atoms with Gasteiger partial charge in [-0.1, -0.05) is 30.3 Å². The SMILES string of the molecule is Cc1ccc(C)c(NC(=O)C2CCN(S(=O)(=O)c3c(C)nn(-c4ccccc4)c3C)CC2)c1. The van der Waals surface area contributed by atoms with Gasteiger partial charge in [-0.25, -0.2) is 13.1 Å². The van der Waals surface area contributed by atoms with E-state index in [-0.39, 0.29) is 16.7 Å². The molecule has 1 fully saturated rings. The Hall–Kier alpha value is -2.97. The van der Waals surface area contributed by atoms with E-state index in [2.05, 4.69) is 10.4 Å². The maximum atomic E-state index is 13.5. The van der Waals surface area contributed by atoms with E-state index in [9.17, 15) is 13.2 Å². The summed E-state index contributed by atoms with van der Waals surface area (Å²) < 4.78 is 30.2. The number of amides is 1. The number of piperidine rings is 1. The Morgan fingerprint density at radius 2 is 1.67 bits per heavy atom. The molecule has 0 bridgehead atoms. The maximum Gasteiger partial charge on any atom is 0.246 e. The van der Waals surface area contributed by atoms with Gasteiger partial charge in [-0.05, 0) is 69.9 Å². The van der Waals surface area contributed by atoms with Crippen LogP contribution >= 0.6 is 0 Å². The summed E-state index contributed by atoms with van der Waals surface area (Å²) in [5.41, 5.74) is 4.80. The zero-order valence-corrected chi connectivity index (χ0v) is 20.3. The van der Waals surface area contributed by atoms with Gasteiger partial charge in [0.15, 0.2) is 0 Å². The van der Waals surface area contributed by atoms with Gasteiger partial charge in [0, 0.05) is 24.7 Å². The Balaban J connectivity index is 1.48. The number of benzene rings is 2. The van der Waals surface area contributed by atoms with Crippen molar-refractivity contribution in [2.45, 2.75) is 45.4 Å². The lowest BCUT2D eigenvalue weighted by Gasteiger charge is -2.30. The number of hydrogen-bond acceptors (Lipinski definition) is 4. The Morgan fingerprint density at radius 1 is 1.00 bits per heavy atom. The minimum absolute atomic E-state index is 0.0509. The fourth-order valence-electron chi connectivity index (χ4n) is 4.42. The predicted molar refractivity (Wildman–Crippen MR) is 129 cm³/mol. The molecule has 1 aromatic heterocycles. The van der Waals surface area contributed by atoms with Crippen molar-refractivity contribution in [1.82, 2.24) is 14.1 Å². The molecule has 1 N–H and O–H groups in total. The molecule has 0 unspecified atom stereocenters. The van der Waals surface area contributed by atoms with Gasteiger partial charge < -0.3 is 5.32 Å². The number of para-hydroxylation sites is 1. The van der Waals surface area contributed by atoms with E-state index < -0.39 is 10.0 Å². The highest BCUT2D eigenvalue weighted by Crippen LogP contribution is 2.29. The van der Waals surface area contributed by atoms with Crippen LogP contribution in [-0.2, 0) is 14.8 Å². The summed E-state index contributed by atoms with van der Waals surface area (Å²) in [6, 6.07) is 15.5. The highest BCUT2D eigenvalue weighted by Gasteiger charge is 2.35. The Morgan fingerprint density at radius 3 is 2.33 bits per heavy atom. The molecule has 4 rings (SSSR count). The molecule has 7 nitrogen and oxygen atoms in total. The van der Waals surface area contributed by atoms with Gasteiger partial charge in [0.2, 0.25) is 15.9 Å². The zero-order chi connectivity index (χ0) is 23.8. The molecule has 0 aliphatic carbocycles. The molecule has 1 amide bonds. The fraction of sp³-hybridized carbons (Fsp3) is 0.360. The van der Waals surface area contributed by atoms with Crippen LogP contribution in [0, 0.1) is 33.6 Å². The first-order valence-corrected chi connectivity index (χ1v) is 12.6. The highest BCUT2D eigenvalue weighted by atomic mass is 32.2. The predicted octanol–water partition coefficient (Wildman–Crippen LogP) is 4.15. The number of nitrogens with zero attached hydrogens (tertiary/aromatic N) is 3. The fourth-order valence-corrected chi connectivity index (χ4v) is 6.24. The molecule has 0 radical (unpaired) electrons. The average molecular weight is 467 g/mol. The van der Waals surface area contributed by atoms with Crippen LogP contribution in [0.1, 0.15) is 35.4 Å². The lowest BCUT2D eigenvalue weighted by atomic mass is 9.97. The van der Waals surface area contributed by atoms with Crippen molar-refractivity contribution in [2.24, 2.45) is 5.92 Å². The van der Waals surface area contributed by atoms with Gasteiger partial charge in [0.25, 0.3) is 0 Å². The van der Waals surface area contributed by atoms with Crippen LogP contribution in [0.2, 0.25) is 0 Å². The van der Waals surface area contributed by atoms with E-state index in [1.165, 1.54) is 4.31 Å². The van der Waals surface area contributed by atoms with Gasteiger partial charge in [0.1, 0.15) is 4.90 Å². The van der Waals surface area contributed by atoms with E-state index in [0.717, 1.165) is 22.5 Å². The molecule has 0 saturated carbocycles. The standard InChI is InChI=1S/C25H30N4O3S/c1-17-10-11-18(2)23(16-17)26-25(30)21-12-14-28(15-13-21)33(31,32)24-19(3)27-29(20(24)4)22-8-6-5-7-9-22/h5-11,16,21H,12-15H2,1-4H3,(H,26,30). The largest absolute Gasteiger partial charge is 0.326 e. The van der Waals surface area contributed by atoms with Crippen molar-refractivity contribution in [3.8, 4) is 5.69 Å². The van der Waals surface area contributed by atoms with E-state index in [1.807, 2.05) is 62.4 Å². The number of nitrogens with one attached hydrogen (secondary N) is 1. The summed E-state index contributed by atoms with van der Waals surface area (Å²) in [7, 11) is -3.71. The molecule has 8 heteroatoms. The third-order valence-electron chi connectivity index (χ3n) is 6.30. The van der Waals surface area contributed by atoms with Crippen molar-refractivity contribution in [2.75, 3.05) is 18.4 Å². The number of hydrogen-bond donors (Lipinski definition) is 1. The lowest BCUT2D eigenvalue weighted by molar-refractivity contribution is -0.120. The Labute approximate surface area is 195 Å². The van der Waals surface area contributed by atoms with Gasteiger partial charge >= 0.3 is 0 Å². The molecule has 33 heavy (non-hydrogen) atoms. The van der Waals surface area contributed by atoms with Crippen LogP contribution in [0.5, 0.6) is 0 Å². The third-order valence-corrected chi connectivity index (χ3v) is 8.45. The summed E-state index contributed by atoms with van der Waals surface area (Å²) in [5.74, 6) is -0.268. The van der Waals surface area contributed by atoms with Crippen LogP contribution < -0.4 is 5.32 Å². The normalized spacial score (nSPS) is 15.5. The molecule has 1 aliphatic rings. The van der Waals surface area contributed by atoms with E-state index in [4.69, 9.17) is 0 Å². The monoisotopic (exact) mass is 466 g/mol. The number of carbonyl (C=O) groups is 1. The molecule has 3 aromatic rings. The number of anilines is 1. The molecular formula is C25H30N4O3S. The number of aromatic nitrogens is 2. The molecule has 0 spiro atoms. The molecule has 174 valence electrons. The number of carbonyl (C=O) groups excluding carboxylic acids is 1. The topological polar surface area (TPSA) is 84.3 Å². The van der Waals surface area contributed by atoms with Crippen molar-refractivity contribution in [1.29, 1.82) is 0 Å². The quantitative estimate of drug-likeness (QED) is 0.612.